The van der Waals surface area contributed by atoms with Crippen LogP contribution in [0.3, 0.4) is 0 Å². The third-order valence-corrected chi connectivity index (χ3v) is 9.26. The number of para-hydroxylation sites is 3. The van der Waals surface area contributed by atoms with Gasteiger partial charge < -0.3 is 15.5 Å². The van der Waals surface area contributed by atoms with Crippen molar-refractivity contribution < 1.29 is 30.5 Å². The highest BCUT2D eigenvalue weighted by Crippen LogP contribution is 2.41. The molecule has 14 heteroatoms. The molecule has 7 aromatic carbocycles. The van der Waals surface area contributed by atoms with Gasteiger partial charge in [0.1, 0.15) is 0 Å². The lowest BCUT2D eigenvalue weighted by Gasteiger charge is -2.12. The first-order chi connectivity index (χ1) is 24.6. The van der Waals surface area contributed by atoms with Gasteiger partial charge >= 0.3 is 7.12 Å². The average Bonchev–Trinajstić information content (AvgIpc) is 3.16. The Balaban J connectivity index is 0.000000207. The number of hydrogen-bond acceptors (Lipinski definition) is 8. The molecule has 0 unspecified atom stereocenters. The molecule has 52 heavy (non-hydrogen) atoms. The van der Waals surface area contributed by atoms with Crippen LogP contribution >= 0.6 is 31.9 Å². The Bertz CT molecular complexity index is 2260. The zero-order valence-electron chi connectivity index (χ0n) is 27.0. The molecular formula is C38H28BBr2N3O8. The fraction of sp³-hybridized carbons (Fsp3) is 0. The van der Waals surface area contributed by atoms with Crippen LogP contribution in [0.25, 0.3) is 43.8 Å². The molecule has 4 N–H and O–H groups in total. The van der Waals surface area contributed by atoms with Crippen molar-refractivity contribution in [2.75, 3.05) is 0 Å². The average molecular weight is 825 g/mol. The van der Waals surface area contributed by atoms with Gasteiger partial charge in [-0.15, -0.1) is 0 Å². The highest BCUT2D eigenvalue weighted by molar-refractivity contribution is 9.11. The van der Waals surface area contributed by atoms with Crippen LogP contribution in [0.1, 0.15) is 0 Å². The highest BCUT2D eigenvalue weighted by atomic mass is 79.9. The van der Waals surface area contributed by atoms with E-state index < -0.39 is 17.0 Å². The summed E-state index contributed by atoms with van der Waals surface area (Å²) in [6.45, 7) is 0. The summed E-state index contributed by atoms with van der Waals surface area (Å²) in [7, 11) is -1.60. The van der Waals surface area contributed by atoms with Crippen LogP contribution in [0, 0.1) is 25.1 Å². The predicted octanol–water partition coefficient (Wildman–Crippen LogP) is 8.02. The summed E-state index contributed by atoms with van der Waals surface area (Å²) < 4.78 is 2.28. The monoisotopic (exact) mass is 823 g/mol. The molecule has 0 saturated heterocycles. The number of nitro benzene ring substituents is 2. The minimum Gasteiger partial charge on any atom is -0.870 e. The fourth-order valence-electron chi connectivity index (χ4n) is 5.53. The third-order valence-electron chi connectivity index (χ3n) is 7.87. The first kappa shape index (κ1) is 39.2. The van der Waals surface area contributed by atoms with Gasteiger partial charge in [-0.05, 0) is 56.9 Å². The van der Waals surface area contributed by atoms with Crippen molar-refractivity contribution in [2.24, 2.45) is 0 Å². The Morgan fingerprint density at radius 2 is 0.865 bits per heavy atom. The Hall–Kier alpha value is -5.64. The van der Waals surface area contributed by atoms with Gasteiger partial charge in [-0.2, -0.15) is 0 Å². The number of nitrogens with one attached hydrogen (secondary N) is 1. The Morgan fingerprint density at radius 3 is 1.25 bits per heavy atom. The van der Waals surface area contributed by atoms with Gasteiger partial charge in [0.2, 0.25) is 0 Å². The summed E-state index contributed by atoms with van der Waals surface area (Å²) in [6.07, 6.45) is 0. The number of rotatable bonds is 6. The topological polar surface area (TPSA) is 188 Å². The van der Waals surface area contributed by atoms with E-state index in [2.05, 4.69) is 44.0 Å². The molecule has 7 rings (SSSR count). The summed E-state index contributed by atoms with van der Waals surface area (Å²) >= 11 is 7.02. The van der Waals surface area contributed by atoms with Gasteiger partial charge in [0, 0.05) is 37.2 Å². The molecule has 0 bridgehead atoms. The number of nitroso groups, excluding NO2 is 1. The van der Waals surface area contributed by atoms with Crippen molar-refractivity contribution in [1.29, 1.82) is 0 Å². The summed E-state index contributed by atoms with van der Waals surface area (Å²) in [5, 5.41) is 46.1. The standard InChI is InChI=1S/C22H14N2O4.C10H6Br2.C6H6BNO3.H2O/c25-23(26)21-11-5-3-9-19(21)17-13-14-18(16-8-2-1-7-15(16)17)20-10-4-6-12-22(20)24(27)28;11-9-5-6-10(12)8-4-2-1-3-7(8)9;9-7(10)5-3-1-2-4-6(5)8-11;/h1-14H;1-6H;1-4,9-10H;1H2. The van der Waals surface area contributed by atoms with Crippen LogP contribution in [0.2, 0.25) is 0 Å². The van der Waals surface area contributed by atoms with Gasteiger partial charge in [0.25, 0.3) is 17.1 Å². The second-order valence-electron chi connectivity index (χ2n) is 10.9. The molecule has 0 aliphatic carbocycles. The van der Waals surface area contributed by atoms with E-state index in [9.17, 15) is 25.1 Å². The molecule has 0 aromatic heterocycles. The minimum absolute atomic E-state index is 0. The van der Waals surface area contributed by atoms with Crippen LogP contribution in [0.5, 0.6) is 0 Å². The van der Waals surface area contributed by atoms with Crippen LogP contribution < -0.4 is 10.6 Å². The van der Waals surface area contributed by atoms with Crippen molar-refractivity contribution in [3.8, 4) is 22.3 Å². The van der Waals surface area contributed by atoms with Crippen molar-refractivity contribution in [2.45, 2.75) is 0 Å². The molecule has 0 aliphatic rings. The maximum Gasteiger partial charge on any atom is 0.495 e. The van der Waals surface area contributed by atoms with E-state index in [4.69, 9.17) is 10.0 Å². The number of benzene rings is 7. The van der Waals surface area contributed by atoms with E-state index in [-0.39, 0.29) is 28.0 Å². The molecule has 0 saturated carbocycles. The first-order valence-electron chi connectivity index (χ1n) is 15.3. The van der Waals surface area contributed by atoms with Crippen molar-refractivity contribution in [3.05, 3.63) is 180 Å². The Labute approximate surface area is 314 Å². The van der Waals surface area contributed by atoms with Crippen molar-refractivity contribution in [3.63, 3.8) is 0 Å². The lowest BCUT2D eigenvalue weighted by atomic mass is 9.79. The number of nitrogens with zero attached hydrogens (tertiary/aromatic N) is 2. The van der Waals surface area contributed by atoms with Gasteiger partial charge in [0.05, 0.1) is 26.4 Å². The third kappa shape index (κ3) is 8.80. The molecule has 11 nitrogen and oxygen atoms in total. The molecular weight excluding hydrogens is 797 g/mol. The van der Waals surface area contributed by atoms with Gasteiger partial charge in [-0.25, -0.2) is 0 Å². The quantitative estimate of drug-likeness (QED) is 0.0854. The van der Waals surface area contributed by atoms with E-state index in [1.165, 1.54) is 35.0 Å². The maximum absolute atomic E-state index is 11.5. The van der Waals surface area contributed by atoms with E-state index in [1.54, 1.807) is 65.8 Å². The van der Waals surface area contributed by atoms with E-state index in [0.29, 0.717) is 22.3 Å². The predicted molar refractivity (Wildman–Crippen MR) is 210 cm³/mol. The highest BCUT2D eigenvalue weighted by Gasteiger charge is 2.21. The van der Waals surface area contributed by atoms with Gasteiger partial charge in [-0.3, -0.25) is 20.2 Å². The molecule has 0 atom stereocenters. The second-order valence-corrected chi connectivity index (χ2v) is 12.6. The summed E-state index contributed by atoms with van der Waals surface area (Å²) in [5.74, 6) is 0. The summed E-state index contributed by atoms with van der Waals surface area (Å²) in [6, 6.07) is 42.7. The summed E-state index contributed by atoms with van der Waals surface area (Å²) in [4.78, 5) is 32.3. The van der Waals surface area contributed by atoms with Crippen LogP contribution in [0.4, 0.5) is 17.1 Å². The zero-order chi connectivity index (χ0) is 36.5. The molecule has 0 heterocycles. The van der Waals surface area contributed by atoms with Crippen LogP contribution in [-0.4, -0.2) is 32.5 Å². The normalized spacial score (nSPS) is 10.2. The molecule has 0 radical (unpaired) electrons. The number of fused-ring (bicyclic) bond motifs is 2. The number of nitro groups is 2. The van der Waals surface area contributed by atoms with E-state index in [1.807, 2.05) is 48.5 Å². The second kappa shape index (κ2) is 18.0. The zero-order valence-corrected chi connectivity index (χ0v) is 30.1. The molecule has 0 spiro atoms. The Kier molecular flexibility index (Phi) is 13.6. The molecule has 0 amide bonds. The Morgan fingerprint density at radius 1 is 0.500 bits per heavy atom. The lowest BCUT2D eigenvalue weighted by molar-refractivity contribution is -0.384. The van der Waals surface area contributed by atoms with Crippen molar-refractivity contribution in [1.82, 2.24) is 0 Å². The van der Waals surface area contributed by atoms with E-state index >= 15 is 0 Å². The fourth-order valence-corrected chi connectivity index (χ4v) is 6.49. The van der Waals surface area contributed by atoms with Crippen LogP contribution in [-0.2, 0) is 0 Å². The first-order valence-corrected chi connectivity index (χ1v) is 16.9. The summed E-state index contributed by atoms with van der Waals surface area (Å²) in [5.41, 5.74) is 2.85. The van der Waals surface area contributed by atoms with Gasteiger partial charge in [-0.1, -0.05) is 135 Å². The van der Waals surface area contributed by atoms with Crippen molar-refractivity contribution >= 4 is 83.0 Å². The molecule has 7 aromatic rings. The number of hydrogen-bond donors (Lipinski definition) is 3. The lowest BCUT2D eigenvalue weighted by Crippen LogP contribution is -2.60. The van der Waals surface area contributed by atoms with Gasteiger partial charge in [0.15, 0.2) is 0 Å². The molecule has 0 aliphatic heterocycles. The van der Waals surface area contributed by atoms with Crippen LogP contribution in [0.15, 0.2) is 155 Å². The van der Waals surface area contributed by atoms with E-state index in [0.717, 1.165) is 19.7 Å². The smallest absolute Gasteiger partial charge is 0.495 e. The SMILES string of the molecule is Brc1ccc(Br)c2ccccc12.O=[N+]([O-])c1ccccc1-c1ccc(-c2ccccc2[N+](=O)[O-])c2ccccc12.O=[NH+]c1ccccc1B(O)O.[OH-]. The number of halogens is 2. The molecule has 260 valence electrons. The largest absolute Gasteiger partial charge is 0.870 e. The maximum atomic E-state index is 11.5. The molecule has 0 fully saturated rings. The minimum atomic E-state index is -1.60.